The van der Waals surface area contributed by atoms with Gasteiger partial charge in [0.2, 0.25) is 5.91 Å². The molecule has 0 saturated heterocycles. The number of amides is 1. The summed E-state index contributed by atoms with van der Waals surface area (Å²) in [4.78, 5) is 11.3. The van der Waals surface area contributed by atoms with Crippen LogP contribution in [0.4, 0.5) is 10.1 Å². The second-order valence-corrected chi connectivity index (χ2v) is 4.99. The number of benzene rings is 2. The first-order valence-electron chi connectivity index (χ1n) is 6.47. The molecule has 20 heavy (non-hydrogen) atoms. The topological polar surface area (TPSA) is 49.3 Å². The van der Waals surface area contributed by atoms with Crippen molar-refractivity contribution in [3.05, 3.63) is 65.0 Å². The number of nitrogens with one attached hydrogen (secondary N) is 1. The van der Waals surface area contributed by atoms with Gasteiger partial charge in [-0.15, -0.1) is 0 Å². The van der Waals surface area contributed by atoms with Crippen molar-refractivity contribution in [2.24, 2.45) is 0 Å². The fourth-order valence-electron chi connectivity index (χ4n) is 2.46. The first-order valence-corrected chi connectivity index (χ1v) is 6.47. The summed E-state index contributed by atoms with van der Waals surface area (Å²) in [6.45, 7) is 0. The van der Waals surface area contributed by atoms with Crippen LogP contribution in [0, 0.1) is 5.82 Å². The third-order valence-corrected chi connectivity index (χ3v) is 3.46. The molecule has 1 amide bonds. The molecule has 1 heterocycles. The Morgan fingerprint density at radius 2 is 2.10 bits per heavy atom. The molecule has 102 valence electrons. The number of anilines is 1. The summed E-state index contributed by atoms with van der Waals surface area (Å²) >= 11 is 0. The minimum atomic E-state index is -0.710. The number of aliphatic hydroxyl groups is 1. The highest BCUT2D eigenvalue weighted by atomic mass is 19.1. The largest absolute Gasteiger partial charge is 0.388 e. The van der Waals surface area contributed by atoms with Gasteiger partial charge in [0.1, 0.15) is 5.82 Å². The van der Waals surface area contributed by atoms with Crippen molar-refractivity contribution in [3.63, 3.8) is 0 Å². The Morgan fingerprint density at radius 3 is 2.90 bits per heavy atom. The van der Waals surface area contributed by atoms with Crippen molar-refractivity contribution in [2.75, 3.05) is 5.32 Å². The summed E-state index contributed by atoms with van der Waals surface area (Å²) in [5, 5.41) is 13.0. The number of hydrogen-bond donors (Lipinski definition) is 2. The van der Waals surface area contributed by atoms with Gasteiger partial charge in [0.05, 0.1) is 12.5 Å². The number of carbonyl (C=O) groups excluding carboxylic acids is 1. The van der Waals surface area contributed by atoms with Crippen molar-refractivity contribution in [1.29, 1.82) is 0 Å². The quantitative estimate of drug-likeness (QED) is 0.901. The van der Waals surface area contributed by atoms with E-state index < -0.39 is 6.10 Å². The third-order valence-electron chi connectivity index (χ3n) is 3.46. The van der Waals surface area contributed by atoms with Gasteiger partial charge in [-0.25, -0.2) is 4.39 Å². The number of carbonyl (C=O) groups is 1. The van der Waals surface area contributed by atoms with E-state index in [4.69, 9.17) is 0 Å². The van der Waals surface area contributed by atoms with Crippen LogP contribution in [-0.4, -0.2) is 11.0 Å². The van der Waals surface area contributed by atoms with E-state index in [2.05, 4.69) is 5.32 Å². The number of rotatable bonds is 3. The molecule has 1 atom stereocenters. The molecule has 0 spiro atoms. The molecule has 0 fully saturated rings. The van der Waals surface area contributed by atoms with Gasteiger partial charge >= 0.3 is 0 Å². The maximum atomic E-state index is 13.1. The highest BCUT2D eigenvalue weighted by Crippen LogP contribution is 2.27. The predicted molar refractivity (Wildman–Crippen MR) is 73.8 cm³/mol. The normalized spacial score (nSPS) is 14.8. The minimum absolute atomic E-state index is 0.0308. The lowest BCUT2D eigenvalue weighted by atomic mass is 9.99. The predicted octanol–water partition coefficient (Wildman–Crippen LogP) is 2.60. The van der Waals surface area contributed by atoms with E-state index in [-0.39, 0.29) is 11.7 Å². The van der Waals surface area contributed by atoms with Crippen LogP contribution in [0.15, 0.2) is 42.5 Å². The zero-order valence-electron chi connectivity index (χ0n) is 10.8. The SMILES string of the molecule is O=C1Cc2cc(C(O)Cc3cccc(F)c3)ccc2N1. The monoisotopic (exact) mass is 271 g/mol. The number of hydrogen-bond acceptors (Lipinski definition) is 2. The average Bonchev–Trinajstić information content (AvgIpc) is 2.77. The standard InChI is InChI=1S/C16H14FNO2/c17-13-3-1-2-10(6-13)7-15(19)11-4-5-14-12(8-11)9-16(20)18-14/h1-6,8,15,19H,7,9H2,(H,18,20). The van der Waals surface area contributed by atoms with E-state index in [0.29, 0.717) is 12.8 Å². The Balaban J connectivity index is 1.79. The molecule has 1 unspecified atom stereocenters. The van der Waals surface area contributed by atoms with Crippen molar-refractivity contribution >= 4 is 11.6 Å². The van der Waals surface area contributed by atoms with Gasteiger partial charge in [0, 0.05) is 12.1 Å². The Kier molecular flexibility index (Phi) is 3.24. The first-order chi connectivity index (χ1) is 9.61. The van der Waals surface area contributed by atoms with Crippen molar-refractivity contribution in [3.8, 4) is 0 Å². The molecule has 1 aliphatic rings. The molecule has 0 bridgehead atoms. The molecule has 2 aromatic carbocycles. The molecule has 2 aromatic rings. The minimum Gasteiger partial charge on any atom is -0.388 e. The van der Waals surface area contributed by atoms with Gasteiger partial charge in [-0.05, 0) is 34.9 Å². The highest BCUT2D eigenvalue weighted by Gasteiger charge is 2.19. The van der Waals surface area contributed by atoms with Gasteiger partial charge in [0.15, 0.2) is 0 Å². The van der Waals surface area contributed by atoms with Crippen molar-refractivity contribution < 1.29 is 14.3 Å². The number of fused-ring (bicyclic) bond motifs is 1. The van der Waals surface area contributed by atoms with Gasteiger partial charge in [0.25, 0.3) is 0 Å². The molecular weight excluding hydrogens is 257 g/mol. The Morgan fingerprint density at radius 1 is 1.25 bits per heavy atom. The maximum absolute atomic E-state index is 13.1. The van der Waals surface area contributed by atoms with Crippen LogP contribution in [-0.2, 0) is 17.6 Å². The van der Waals surface area contributed by atoms with E-state index >= 15 is 0 Å². The molecule has 2 N–H and O–H groups in total. The van der Waals surface area contributed by atoms with Gasteiger partial charge < -0.3 is 10.4 Å². The molecule has 3 rings (SSSR count). The first kappa shape index (κ1) is 12.8. The molecule has 4 heteroatoms. The molecule has 0 radical (unpaired) electrons. The van der Waals surface area contributed by atoms with Crippen LogP contribution < -0.4 is 5.32 Å². The lowest BCUT2D eigenvalue weighted by molar-refractivity contribution is -0.115. The van der Waals surface area contributed by atoms with Crippen LogP contribution >= 0.6 is 0 Å². The Hall–Kier alpha value is -2.20. The highest BCUT2D eigenvalue weighted by molar-refractivity contribution is 5.99. The zero-order valence-corrected chi connectivity index (χ0v) is 10.8. The maximum Gasteiger partial charge on any atom is 0.228 e. The molecule has 0 saturated carbocycles. The lowest BCUT2D eigenvalue weighted by Gasteiger charge is -2.12. The van der Waals surface area contributed by atoms with Gasteiger partial charge in [-0.3, -0.25) is 4.79 Å². The van der Waals surface area contributed by atoms with Crippen molar-refractivity contribution in [2.45, 2.75) is 18.9 Å². The second kappa shape index (κ2) is 5.06. The van der Waals surface area contributed by atoms with Gasteiger partial charge in [-0.2, -0.15) is 0 Å². The summed E-state index contributed by atoms with van der Waals surface area (Å²) in [6, 6.07) is 11.6. The number of halogens is 1. The lowest BCUT2D eigenvalue weighted by Crippen LogP contribution is -2.03. The summed E-state index contributed by atoms with van der Waals surface area (Å²) in [6.07, 6.45) is -0.0221. The van der Waals surface area contributed by atoms with E-state index in [1.165, 1.54) is 12.1 Å². The van der Waals surface area contributed by atoms with E-state index in [9.17, 15) is 14.3 Å². The average molecular weight is 271 g/mol. The zero-order chi connectivity index (χ0) is 14.1. The van der Waals surface area contributed by atoms with Crippen LogP contribution in [0.3, 0.4) is 0 Å². The van der Waals surface area contributed by atoms with Crippen molar-refractivity contribution in [1.82, 2.24) is 0 Å². The van der Waals surface area contributed by atoms with Crippen LogP contribution in [0.1, 0.15) is 22.8 Å². The summed E-state index contributed by atoms with van der Waals surface area (Å²) in [5.74, 6) is -0.338. The fourth-order valence-corrected chi connectivity index (χ4v) is 2.46. The fraction of sp³-hybridized carbons (Fsp3) is 0.188. The Bertz CT molecular complexity index is 669. The van der Waals surface area contributed by atoms with E-state index in [1.54, 1.807) is 24.3 Å². The molecular formula is C16H14FNO2. The van der Waals surface area contributed by atoms with Crippen LogP contribution in [0.2, 0.25) is 0 Å². The van der Waals surface area contributed by atoms with E-state index in [0.717, 1.165) is 22.4 Å². The number of aliphatic hydroxyl groups excluding tert-OH is 1. The second-order valence-electron chi connectivity index (χ2n) is 4.99. The van der Waals surface area contributed by atoms with Crippen LogP contribution in [0.25, 0.3) is 0 Å². The molecule has 3 nitrogen and oxygen atoms in total. The Labute approximate surface area is 116 Å². The molecule has 0 aliphatic carbocycles. The van der Waals surface area contributed by atoms with E-state index in [1.807, 2.05) is 6.07 Å². The smallest absolute Gasteiger partial charge is 0.228 e. The third kappa shape index (κ3) is 2.56. The van der Waals surface area contributed by atoms with Gasteiger partial charge in [-0.1, -0.05) is 24.3 Å². The molecule has 0 aromatic heterocycles. The summed E-state index contributed by atoms with van der Waals surface area (Å²) in [5.41, 5.74) is 3.18. The summed E-state index contributed by atoms with van der Waals surface area (Å²) in [7, 11) is 0. The summed E-state index contributed by atoms with van der Waals surface area (Å²) < 4.78 is 13.1. The van der Waals surface area contributed by atoms with Crippen LogP contribution in [0.5, 0.6) is 0 Å². The molecule has 1 aliphatic heterocycles.